The van der Waals surface area contributed by atoms with Gasteiger partial charge in [-0.1, -0.05) is 66.7 Å². The lowest BCUT2D eigenvalue weighted by Crippen LogP contribution is -2.10. The van der Waals surface area contributed by atoms with Crippen molar-refractivity contribution in [1.82, 2.24) is 0 Å². The topological polar surface area (TPSA) is 16.4 Å². The van der Waals surface area contributed by atoms with E-state index in [1.54, 1.807) is 0 Å². The fraction of sp³-hybridized carbons (Fsp3) is 0.0345. The SMILES string of the molecule is CN(c1ccccc1)c1ccccc1-c1ccc2c(ccc3c4ccccc4oc23)c1. The Balaban J connectivity index is 1.51. The highest BCUT2D eigenvalue weighted by Gasteiger charge is 2.13. The second-order valence-electron chi connectivity index (χ2n) is 7.89. The molecule has 0 N–H and O–H groups in total. The van der Waals surface area contributed by atoms with Crippen LogP contribution in [0.1, 0.15) is 0 Å². The maximum atomic E-state index is 6.22. The zero-order valence-corrected chi connectivity index (χ0v) is 17.2. The van der Waals surface area contributed by atoms with Crippen LogP contribution >= 0.6 is 0 Å². The molecule has 0 bridgehead atoms. The second-order valence-corrected chi connectivity index (χ2v) is 7.89. The third-order valence-electron chi connectivity index (χ3n) is 6.08. The first-order chi connectivity index (χ1) is 15.3. The van der Waals surface area contributed by atoms with Gasteiger partial charge >= 0.3 is 0 Å². The molecule has 0 unspecified atom stereocenters. The Hall–Kier alpha value is -4.04. The largest absolute Gasteiger partial charge is 0.455 e. The van der Waals surface area contributed by atoms with Crippen molar-refractivity contribution in [3.8, 4) is 11.1 Å². The monoisotopic (exact) mass is 399 g/mol. The molecule has 0 saturated carbocycles. The molecule has 6 aromatic rings. The van der Waals surface area contributed by atoms with Gasteiger partial charge in [0.15, 0.2) is 0 Å². The third-order valence-corrected chi connectivity index (χ3v) is 6.08. The molecule has 0 radical (unpaired) electrons. The molecule has 5 aromatic carbocycles. The number of furan rings is 1. The molecule has 0 spiro atoms. The lowest BCUT2D eigenvalue weighted by Gasteiger charge is -2.23. The maximum absolute atomic E-state index is 6.22. The molecule has 148 valence electrons. The lowest BCUT2D eigenvalue weighted by molar-refractivity contribution is 0.672. The number of fused-ring (bicyclic) bond motifs is 5. The molecule has 0 aliphatic carbocycles. The summed E-state index contributed by atoms with van der Waals surface area (Å²) in [5.41, 5.74) is 6.64. The molecule has 0 amide bonds. The van der Waals surface area contributed by atoms with Gasteiger partial charge in [0.05, 0.1) is 0 Å². The number of anilines is 2. The van der Waals surface area contributed by atoms with Crippen LogP contribution in [0.25, 0.3) is 43.8 Å². The van der Waals surface area contributed by atoms with Gasteiger partial charge in [0.2, 0.25) is 0 Å². The smallest absolute Gasteiger partial charge is 0.143 e. The van der Waals surface area contributed by atoms with Gasteiger partial charge in [0.1, 0.15) is 11.2 Å². The highest BCUT2D eigenvalue weighted by atomic mass is 16.3. The number of benzene rings is 5. The molecule has 6 rings (SSSR count). The van der Waals surface area contributed by atoms with E-state index in [0.717, 1.165) is 16.6 Å². The molecule has 31 heavy (non-hydrogen) atoms. The molecule has 2 heteroatoms. The van der Waals surface area contributed by atoms with Crippen LogP contribution in [0.5, 0.6) is 0 Å². The first-order valence-electron chi connectivity index (χ1n) is 10.5. The highest BCUT2D eigenvalue weighted by Crippen LogP contribution is 2.38. The van der Waals surface area contributed by atoms with Crippen molar-refractivity contribution in [3.63, 3.8) is 0 Å². The number of hydrogen-bond donors (Lipinski definition) is 0. The van der Waals surface area contributed by atoms with Crippen molar-refractivity contribution in [1.29, 1.82) is 0 Å². The number of hydrogen-bond acceptors (Lipinski definition) is 2. The van der Waals surface area contributed by atoms with Crippen molar-refractivity contribution in [2.45, 2.75) is 0 Å². The van der Waals surface area contributed by atoms with Crippen LogP contribution < -0.4 is 4.90 Å². The van der Waals surface area contributed by atoms with Crippen molar-refractivity contribution in [2.75, 3.05) is 11.9 Å². The lowest BCUT2D eigenvalue weighted by atomic mass is 9.98. The molecule has 0 aliphatic rings. The molecular formula is C29H21NO. The summed E-state index contributed by atoms with van der Waals surface area (Å²) >= 11 is 0. The summed E-state index contributed by atoms with van der Waals surface area (Å²) in [4.78, 5) is 2.24. The molecular weight excluding hydrogens is 378 g/mol. The zero-order valence-electron chi connectivity index (χ0n) is 17.2. The molecule has 1 heterocycles. The van der Waals surface area contributed by atoms with E-state index < -0.39 is 0 Å². The predicted octanol–water partition coefficient (Wildman–Crippen LogP) is 8.17. The average molecular weight is 399 g/mol. The minimum Gasteiger partial charge on any atom is -0.455 e. The fourth-order valence-electron chi connectivity index (χ4n) is 4.48. The highest BCUT2D eigenvalue weighted by molar-refractivity contribution is 6.15. The fourth-order valence-corrected chi connectivity index (χ4v) is 4.48. The quantitative estimate of drug-likeness (QED) is 0.298. The third kappa shape index (κ3) is 2.88. The van der Waals surface area contributed by atoms with E-state index in [4.69, 9.17) is 4.42 Å². The number of nitrogens with zero attached hydrogens (tertiary/aromatic N) is 1. The van der Waals surface area contributed by atoms with Gasteiger partial charge in [-0.3, -0.25) is 0 Å². The van der Waals surface area contributed by atoms with Crippen LogP contribution in [0.15, 0.2) is 114 Å². The molecule has 1 aromatic heterocycles. The summed E-state index contributed by atoms with van der Waals surface area (Å²) in [5.74, 6) is 0. The Bertz CT molecular complexity index is 1550. The summed E-state index contributed by atoms with van der Waals surface area (Å²) in [6.07, 6.45) is 0. The standard InChI is InChI=1S/C29H21NO/c1-30(22-9-3-2-4-10-22)27-13-7-5-11-23(27)20-15-17-24-21(19-20)16-18-26-25-12-6-8-14-28(25)31-29(24)26/h2-19H,1H3. The van der Waals surface area contributed by atoms with E-state index >= 15 is 0 Å². The molecule has 2 nitrogen and oxygen atoms in total. The first-order valence-corrected chi connectivity index (χ1v) is 10.5. The molecule has 0 atom stereocenters. The van der Waals surface area contributed by atoms with Gasteiger partial charge in [-0.05, 0) is 53.4 Å². The van der Waals surface area contributed by atoms with Crippen LogP contribution in [0.3, 0.4) is 0 Å². The van der Waals surface area contributed by atoms with E-state index in [9.17, 15) is 0 Å². The zero-order chi connectivity index (χ0) is 20.8. The van der Waals surface area contributed by atoms with Crippen LogP contribution in [0.4, 0.5) is 11.4 Å². The molecule has 0 aliphatic heterocycles. The van der Waals surface area contributed by atoms with Gasteiger partial charge in [0, 0.05) is 40.1 Å². The summed E-state index contributed by atoms with van der Waals surface area (Å²) < 4.78 is 6.22. The Labute approximate surface area is 181 Å². The van der Waals surface area contributed by atoms with E-state index in [2.05, 4.69) is 103 Å². The molecule has 0 fully saturated rings. The van der Waals surface area contributed by atoms with E-state index in [-0.39, 0.29) is 0 Å². The van der Waals surface area contributed by atoms with Crippen LogP contribution in [-0.4, -0.2) is 7.05 Å². The second kappa shape index (κ2) is 7.03. The summed E-state index contributed by atoms with van der Waals surface area (Å²) in [6.45, 7) is 0. The van der Waals surface area contributed by atoms with Crippen LogP contribution in [0.2, 0.25) is 0 Å². The van der Waals surface area contributed by atoms with E-state index in [1.807, 2.05) is 18.2 Å². The normalized spacial score (nSPS) is 11.4. The number of para-hydroxylation sites is 3. The van der Waals surface area contributed by atoms with Gasteiger partial charge in [-0.15, -0.1) is 0 Å². The minimum atomic E-state index is 0.934. The van der Waals surface area contributed by atoms with Crippen LogP contribution in [0, 0.1) is 0 Å². The summed E-state index contributed by atoms with van der Waals surface area (Å²) in [6, 6.07) is 38.3. The van der Waals surface area contributed by atoms with Gasteiger partial charge in [-0.25, -0.2) is 0 Å². The van der Waals surface area contributed by atoms with E-state index in [0.29, 0.717) is 0 Å². The Morgan fingerprint density at radius 1 is 0.613 bits per heavy atom. The van der Waals surface area contributed by atoms with Gasteiger partial charge in [-0.2, -0.15) is 0 Å². The Kier molecular flexibility index (Phi) is 4.03. The molecule has 0 saturated heterocycles. The first kappa shape index (κ1) is 17.8. The van der Waals surface area contributed by atoms with Crippen LogP contribution in [-0.2, 0) is 0 Å². The van der Waals surface area contributed by atoms with Crippen molar-refractivity contribution in [3.05, 3.63) is 109 Å². The van der Waals surface area contributed by atoms with Gasteiger partial charge in [0.25, 0.3) is 0 Å². The van der Waals surface area contributed by atoms with Crippen molar-refractivity contribution in [2.24, 2.45) is 0 Å². The Morgan fingerprint density at radius 2 is 1.35 bits per heavy atom. The predicted molar refractivity (Wildman–Crippen MR) is 131 cm³/mol. The minimum absolute atomic E-state index is 0.934. The summed E-state index contributed by atoms with van der Waals surface area (Å²) in [7, 11) is 2.12. The summed E-state index contributed by atoms with van der Waals surface area (Å²) in [5, 5.41) is 4.66. The van der Waals surface area contributed by atoms with E-state index in [1.165, 1.54) is 38.7 Å². The maximum Gasteiger partial charge on any atom is 0.143 e. The van der Waals surface area contributed by atoms with Gasteiger partial charge < -0.3 is 9.32 Å². The van der Waals surface area contributed by atoms with Crippen molar-refractivity contribution < 1.29 is 4.42 Å². The number of rotatable bonds is 3. The average Bonchev–Trinajstić information content (AvgIpc) is 3.23. The Morgan fingerprint density at radius 3 is 2.26 bits per heavy atom. The van der Waals surface area contributed by atoms with Crippen molar-refractivity contribution >= 4 is 44.1 Å².